The summed E-state index contributed by atoms with van der Waals surface area (Å²) in [5.41, 5.74) is 0. The van der Waals surface area contributed by atoms with Crippen LogP contribution in [0.3, 0.4) is 0 Å². The van der Waals surface area contributed by atoms with Crippen molar-refractivity contribution >= 4 is 0 Å². The highest BCUT2D eigenvalue weighted by atomic mass is 16.7. The lowest BCUT2D eigenvalue weighted by Gasteiger charge is -2.31. The summed E-state index contributed by atoms with van der Waals surface area (Å²) in [5, 5.41) is 9.33. The van der Waals surface area contributed by atoms with E-state index in [1.807, 2.05) is 0 Å². The molecule has 15 heavy (non-hydrogen) atoms. The lowest BCUT2D eigenvalue weighted by molar-refractivity contribution is -0.188. The maximum absolute atomic E-state index is 9.33. The Morgan fingerprint density at radius 1 is 1.40 bits per heavy atom. The third-order valence-corrected chi connectivity index (χ3v) is 3.21. The maximum atomic E-state index is 9.33. The average Bonchev–Trinajstić information content (AvgIpc) is 2.62. The molecule has 0 aromatic heterocycles. The van der Waals surface area contributed by atoms with E-state index in [2.05, 4.69) is 5.92 Å². The lowest BCUT2D eigenvalue weighted by Crippen LogP contribution is -2.33. The van der Waals surface area contributed by atoms with Gasteiger partial charge < -0.3 is 14.6 Å². The highest BCUT2D eigenvalue weighted by Crippen LogP contribution is 2.38. The molecule has 1 heterocycles. The van der Waals surface area contributed by atoms with Gasteiger partial charge in [-0.2, -0.15) is 0 Å². The SMILES string of the molecule is C#C[C@@H](O)C[C@H]1COC2(CCCCC2)O1. The van der Waals surface area contributed by atoms with Crippen LogP contribution in [0.15, 0.2) is 0 Å². The molecule has 3 nitrogen and oxygen atoms in total. The van der Waals surface area contributed by atoms with E-state index in [1.165, 1.54) is 19.3 Å². The molecule has 1 N–H and O–H groups in total. The molecule has 1 aliphatic heterocycles. The summed E-state index contributed by atoms with van der Waals surface area (Å²) in [7, 11) is 0. The van der Waals surface area contributed by atoms with Gasteiger partial charge in [0.25, 0.3) is 0 Å². The van der Waals surface area contributed by atoms with Gasteiger partial charge in [0.1, 0.15) is 6.10 Å². The van der Waals surface area contributed by atoms with E-state index in [4.69, 9.17) is 15.9 Å². The first kappa shape index (κ1) is 10.9. The van der Waals surface area contributed by atoms with Gasteiger partial charge in [-0.1, -0.05) is 12.3 Å². The van der Waals surface area contributed by atoms with Crippen molar-refractivity contribution in [2.24, 2.45) is 0 Å². The van der Waals surface area contributed by atoms with Crippen LogP contribution < -0.4 is 0 Å². The minimum Gasteiger partial charge on any atom is -0.380 e. The van der Waals surface area contributed by atoms with Gasteiger partial charge in [-0.3, -0.25) is 0 Å². The molecule has 0 aromatic rings. The molecule has 2 atom stereocenters. The second-order valence-electron chi connectivity index (χ2n) is 4.44. The molecular weight excluding hydrogens is 192 g/mol. The zero-order chi connectivity index (χ0) is 10.7. The number of terminal acetylenes is 1. The van der Waals surface area contributed by atoms with Gasteiger partial charge in [0.15, 0.2) is 5.79 Å². The highest BCUT2D eigenvalue weighted by molar-refractivity contribution is 4.95. The molecule has 1 aliphatic carbocycles. The predicted molar refractivity (Wildman–Crippen MR) is 56.1 cm³/mol. The van der Waals surface area contributed by atoms with Crippen molar-refractivity contribution < 1.29 is 14.6 Å². The number of aliphatic hydroxyl groups excluding tert-OH is 1. The summed E-state index contributed by atoms with van der Waals surface area (Å²) < 4.78 is 11.6. The van der Waals surface area contributed by atoms with Gasteiger partial charge in [0.2, 0.25) is 0 Å². The van der Waals surface area contributed by atoms with E-state index in [0.717, 1.165) is 12.8 Å². The fraction of sp³-hybridized carbons (Fsp3) is 0.833. The third kappa shape index (κ3) is 2.52. The summed E-state index contributed by atoms with van der Waals surface area (Å²) in [5.74, 6) is 1.95. The second kappa shape index (κ2) is 4.52. The van der Waals surface area contributed by atoms with Crippen LogP contribution in [0.2, 0.25) is 0 Å². The summed E-state index contributed by atoms with van der Waals surface area (Å²) in [6.45, 7) is 0.568. The molecule has 0 radical (unpaired) electrons. The van der Waals surface area contributed by atoms with Gasteiger partial charge in [0.05, 0.1) is 12.7 Å². The minimum atomic E-state index is -0.711. The third-order valence-electron chi connectivity index (χ3n) is 3.21. The van der Waals surface area contributed by atoms with Crippen LogP contribution in [0.4, 0.5) is 0 Å². The maximum Gasteiger partial charge on any atom is 0.168 e. The topological polar surface area (TPSA) is 38.7 Å². The first-order chi connectivity index (χ1) is 7.24. The van der Waals surface area contributed by atoms with Crippen LogP contribution in [-0.2, 0) is 9.47 Å². The zero-order valence-corrected chi connectivity index (χ0v) is 8.95. The van der Waals surface area contributed by atoms with Crippen molar-refractivity contribution in [3.05, 3.63) is 0 Å². The Bertz CT molecular complexity index is 250. The number of rotatable bonds is 2. The molecular formula is C12H18O3. The van der Waals surface area contributed by atoms with Crippen LogP contribution in [0.1, 0.15) is 38.5 Å². The standard InChI is InChI=1S/C12H18O3/c1-2-10(13)8-11-9-14-12(15-11)6-4-3-5-7-12/h1,10-11,13H,3-9H2/t10-,11+/m1/s1. The Morgan fingerprint density at radius 2 is 2.13 bits per heavy atom. The molecule has 1 saturated heterocycles. The molecule has 1 spiro atoms. The molecule has 2 aliphatic rings. The van der Waals surface area contributed by atoms with Crippen molar-refractivity contribution in [2.45, 2.75) is 56.5 Å². The summed E-state index contributed by atoms with van der Waals surface area (Å²) >= 11 is 0. The molecule has 3 heteroatoms. The van der Waals surface area contributed by atoms with Crippen LogP contribution in [0, 0.1) is 12.3 Å². The Kier molecular flexibility index (Phi) is 3.30. The number of hydrogen-bond donors (Lipinski definition) is 1. The summed E-state index contributed by atoms with van der Waals surface area (Å²) in [4.78, 5) is 0. The van der Waals surface area contributed by atoms with Crippen LogP contribution in [0.25, 0.3) is 0 Å². The lowest BCUT2D eigenvalue weighted by atomic mass is 9.94. The van der Waals surface area contributed by atoms with Gasteiger partial charge in [-0.25, -0.2) is 0 Å². The van der Waals surface area contributed by atoms with Crippen molar-refractivity contribution in [1.82, 2.24) is 0 Å². The second-order valence-corrected chi connectivity index (χ2v) is 4.44. The molecule has 2 rings (SSSR count). The monoisotopic (exact) mass is 210 g/mol. The van der Waals surface area contributed by atoms with E-state index >= 15 is 0 Å². The van der Waals surface area contributed by atoms with Gasteiger partial charge >= 0.3 is 0 Å². The van der Waals surface area contributed by atoms with Gasteiger partial charge in [-0.05, 0) is 12.8 Å². The Hall–Kier alpha value is -0.560. The molecule has 0 bridgehead atoms. The first-order valence-electron chi connectivity index (χ1n) is 5.70. The van der Waals surface area contributed by atoms with E-state index < -0.39 is 6.10 Å². The highest BCUT2D eigenvalue weighted by Gasteiger charge is 2.42. The van der Waals surface area contributed by atoms with Crippen molar-refractivity contribution in [3.63, 3.8) is 0 Å². The zero-order valence-electron chi connectivity index (χ0n) is 8.95. The Balaban J connectivity index is 1.86. The van der Waals surface area contributed by atoms with Crippen LogP contribution >= 0.6 is 0 Å². The van der Waals surface area contributed by atoms with Crippen molar-refractivity contribution in [1.29, 1.82) is 0 Å². The van der Waals surface area contributed by atoms with Crippen LogP contribution in [-0.4, -0.2) is 29.7 Å². The van der Waals surface area contributed by atoms with Crippen molar-refractivity contribution in [3.8, 4) is 12.3 Å². The molecule has 84 valence electrons. The number of hydrogen-bond acceptors (Lipinski definition) is 3. The average molecular weight is 210 g/mol. The largest absolute Gasteiger partial charge is 0.380 e. The Labute approximate surface area is 90.8 Å². The molecule has 1 saturated carbocycles. The fourth-order valence-corrected chi connectivity index (χ4v) is 2.40. The first-order valence-corrected chi connectivity index (χ1v) is 5.70. The normalized spacial score (nSPS) is 31.3. The van der Waals surface area contributed by atoms with E-state index in [-0.39, 0.29) is 11.9 Å². The van der Waals surface area contributed by atoms with E-state index in [1.54, 1.807) is 0 Å². The smallest absolute Gasteiger partial charge is 0.168 e. The molecule has 0 amide bonds. The van der Waals surface area contributed by atoms with Crippen LogP contribution in [0.5, 0.6) is 0 Å². The molecule has 2 fully saturated rings. The van der Waals surface area contributed by atoms with Gasteiger partial charge in [0, 0.05) is 19.3 Å². The number of ether oxygens (including phenoxy) is 2. The molecule has 0 unspecified atom stereocenters. The summed E-state index contributed by atoms with van der Waals surface area (Å²) in [6, 6.07) is 0. The van der Waals surface area contributed by atoms with E-state index in [0.29, 0.717) is 13.0 Å². The predicted octanol–water partition coefficient (Wildman–Crippen LogP) is 1.45. The minimum absolute atomic E-state index is 0.0332. The summed E-state index contributed by atoms with van der Waals surface area (Å²) in [6.07, 6.45) is 10.4. The quantitative estimate of drug-likeness (QED) is 0.701. The van der Waals surface area contributed by atoms with Crippen molar-refractivity contribution in [2.75, 3.05) is 6.61 Å². The Morgan fingerprint density at radius 3 is 2.80 bits per heavy atom. The fourth-order valence-electron chi connectivity index (χ4n) is 2.40. The van der Waals surface area contributed by atoms with Gasteiger partial charge in [-0.15, -0.1) is 6.42 Å². The number of aliphatic hydroxyl groups is 1. The molecule has 0 aromatic carbocycles. The van der Waals surface area contributed by atoms with E-state index in [9.17, 15) is 5.11 Å².